The van der Waals surface area contributed by atoms with Crippen molar-refractivity contribution >= 4 is 17.5 Å². The third-order valence-electron chi connectivity index (χ3n) is 5.35. The third kappa shape index (κ3) is 3.33. The molecule has 3 atom stereocenters. The zero-order valence-corrected chi connectivity index (χ0v) is 15.0. The molecule has 0 radical (unpaired) electrons. The molecule has 1 aliphatic heterocycles. The van der Waals surface area contributed by atoms with E-state index < -0.39 is 5.69 Å². The van der Waals surface area contributed by atoms with Crippen LogP contribution in [-0.2, 0) is 11.3 Å². The van der Waals surface area contributed by atoms with Crippen LogP contribution in [-0.4, -0.2) is 39.6 Å². The van der Waals surface area contributed by atoms with Crippen LogP contribution in [0.5, 0.6) is 5.75 Å². The second-order valence-corrected chi connectivity index (χ2v) is 7.32. The summed E-state index contributed by atoms with van der Waals surface area (Å²) in [6.45, 7) is 1.41. The largest absolute Gasteiger partial charge is 0.489 e. The average Bonchev–Trinajstić information content (AvgIpc) is 3.21. The number of amides is 1. The van der Waals surface area contributed by atoms with E-state index in [4.69, 9.17) is 16.3 Å². The lowest BCUT2D eigenvalue weighted by Gasteiger charge is -2.22. The molecule has 26 heavy (non-hydrogen) atoms. The Balaban J connectivity index is 1.41. The molecule has 0 spiro atoms. The lowest BCUT2D eigenvalue weighted by Crippen LogP contribution is -2.37. The van der Waals surface area contributed by atoms with Crippen molar-refractivity contribution in [2.75, 3.05) is 13.1 Å². The summed E-state index contributed by atoms with van der Waals surface area (Å²) in [5.41, 5.74) is -0.403. The van der Waals surface area contributed by atoms with Gasteiger partial charge in [-0.3, -0.25) is 9.36 Å². The van der Waals surface area contributed by atoms with Crippen LogP contribution in [0.4, 0.5) is 0 Å². The van der Waals surface area contributed by atoms with Crippen molar-refractivity contribution in [3.63, 3.8) is 0 Å². The number of likely N-dealkylation sites (tertiary alicyclic amines) is 1. The number of halogens is 1. The Morgan fingerprint density at radius 2 is 2.08 bits per heavy atom. The first-order valence-electron chi connectivity index (χ1n) is 8.82. The highest BCUT2D eigenvalue weighted by Gasteiger charge is 2.45. The monoisotopic (exact) mass is 373 g/mol. The quantitative estimate of drug-likeness (QED) is 0.824. The number of nitrogens with zero attached hydrogens (tertiary/aromatic N) is 3. The maximum Gasteiger partial charge on any atom is 0.347 e. The van der Waals surface area contributed by atoms with Crippen LogP contribution in [0.2, 0.25) is 5.02 Å². The van der Waals surface area contributed by atoms with Gasteiger partial charge in [0.1, 0.15) is 18.4 Å². The van der Waals surface area contributed by atoms with Gasteiger partial charge in [-0.25, -0.2) is 9.78 Å². The summed E-state index contributed by atoms with van der Waals surface area (Å²) in [4.78, 5) is 29.8. The van der Waals surface area contributed by atoms with Crippen LogP contribution >= 0.6 is 11.6 Å². The van der Waals surface area contributed by atoms with Crippen LogP contribution in [0.25, 0.3) is 0 Å². The third-order valence-corrected chi connectivity index (χ3v) is 5.66. The molecule has 1 saturated heterocycles. The molecule has 0 unspecified atom stereocenters. The van der Waals surface area contributed by atoms with Gasteiger partial charge in [0.25, 0.3) is 0 Å². The fraction of sp³-hybridized carbons (Fsp3) is 0.421. The van der Waals surface area contributed by atoms with Crippen LogP contribution in [0.1, 0.15) is 12.8 Å². The summed E-state index contributed by atoms with van der Waals surface area (Å²) in [6.07, 6.45) is 5.10. The number of carbonyl (C=O) groups is 1. The first kappa shape index (κ1) is 17.1. The highest BCUT2D eigenvalue weighted by Crippen LogP contribution is 2.41. The minimum atomic E-state index is -0.403. The molecule has 7 heteroatoms. The van der Waals surface area contributed by atoms with Crippen molar-refractivity contribution in [1.82, 2.24) is 14.5 Å². The van der Waals surface area contributed by atoms with Crippen LogP contribution in [0.3, 0.4) is 0 Å². The summed E-state index contributed by atoms with van der Waals surface area (Å²) >= 11 is 6.20. The zero-order valence-electron chi connectivity index (χ0n) is 14.3. The maximum absolute atomic E-state index is 12.6. The number of ether oxygens (including phenoxy) is 1. The fourth-order valence-electron chi connectivity index (χ4n) is 4.02. The smallest absolute Gasteiger partial charge is 0.347 e. The van der Waals surface area contributed by atoms with Crippen molar-refractivity contribution < 1.29 is 9.53 Å². The van der Waals surface area contributed by atoms with E-state index >= 15 is 0 Å². The van der Waals surface area contributed by atoms with Crippen LogP contribution in [0, 0.1) is 11.8 Å². The topological polar surface area (TPSA) is 64.4 Å². The van der Waals surface area contributed by atoms with E-state index in [1.54, 1.807) is 12.3 Å². The first-order valence-corrected chi connectivity index (χ1v) is 9.20. The maximum atomic E-state index is 12.6. The van der Waals surface area contributed by atoms with Crippen molar-refractivity contribution in [3.8, 4) is 5.75 Å². The molecule has 1 amide bonds. The van der Waals surface area contributed by atoms with Gasteiger partial charge < -0.3 is 9.64 Å². The Kier molecular flexibility index (Phi) is 4.68. The second-order valence-electron chi connectivity index (χ2n) is 6.92. The normalized spacial score (nSPS) is 24.5. The molecule has 2 aromatic rings. The van der Waals surface area contributed by atoms with Gasteiger partial charge in [-0.1, -0.05) is 23.7 Å². The van der Waals surface area contributed by atoms with Crippen LogP contribution < -0.4 is 10.4 Å². The highest BCUT2D eigenvalue weighted by molar-refractivity contribution is 6.32. The SMILES string of the molecule is O=C(Cn1cccnc1=O)N1C[C@@H]2CC[C@H](Oc3ccccc3Cl)[C@@H]2C1. The number of carbonyl (C=O) groups excluding carboxylic acids is 1. The van der Waals surface area contributed by atoms with Crippen molar-refractivity contribution in [3.05, 3.63) is 58.2 Å². The molecule has 4 rings (SSSR count). The lowest BCUT2D eigenvalue weighted by molar-refractivity contribution is -0.131. The molecule has 1 aliphatic carbocycles. The minimum Gasteiger partial charge on any atom is -0.489 e. The highest BCUT2D eigenvalue weighted by atomic mass is 35.5. The molecule has 6 nitrogen and oxygen atoms in total. The van der Waals surface area contributed by atoms with E-state index in [0.29, 0.717) is 29.2 Å². The Morgan fingerprint density at radius 1 is 1.23 bits per heavy atom. The van der Waals surface area contributed by atoms with E-state index in [1.165, 1.54) is 10.8 Å². The molecule has 0 bridgehead atoms. The van der Waals surface area contributed by atoms with E-state index in [9.17, 15) is 9.59 Å². The standard InChI is InChI=1S/C19H20ClN3O3/c20-15-4-1-2-5-17(15)26-16-7-6-13-10-23(11-14(13)16)18(24)12-22-9-3-8-21-19(22)25/h1-5,8-9,13-14,16H,6-7,10-12H2/t13-,14+,16-/m0/s1. The molecule has 1 saturated carbocycles. The Bertz CT molecular complexity index is 869. The van der Waals surface area contributed by atoms with E-state index in [2.05, 4.69) is 4.98 Å². The first-order chi connectivity index (χ1) is 12.6. The number of aromatic nitrogens is 2. The molecule has 1 aromatic carbocycles. The molecule has 1 aromatic heterocycles. The predicted octanol–water partition coefficient (Wildman–Crippen LogP) is 2.21. The Hall–Kier alpha value is -2.34. The van der Waals surface area contributed by atoms with Crippen molar-refractivity contribution in [2.24, 2.45) is 11.8 Å². The van der Waals surface area contributed by atoms with Gasteiger partial charge in [0.05, 0.1) is 5.02 Å². The average molecular weight is 374 g/mol. The van der Waals surface area contributed by atoms with Gasteiger partial charge in [-0.15, -0.1) is 0 Å². The van der Waals surface area contributed by atoms with E-state index in [1.807, 2.05) is 29.2 Å². The fourth-order valence-corrected chi connectivity index (χ4v) is 4.20. The molecule has 136 valence electrons. The number of rotatable bonds is 4. The minimum absolute atomic E-state index is 0.0299. The number of benzene rings is 1. The molecule has 2 fully saturated rings. The van der Waals surface area contributed by atoms with Crippen molar-refractivity contribution in [2.45, 2.75) is 25.5 Å². The molecule has 2 aliphatic rings. The number of hydrogen-bond acceptors (Lipinski definition) is 4. The number of hydrogen-bond donors (Lipinski definition) is 0. The van der Waals surface area contributed by atoms with Gasteiger partial charge in [-0.2, -0.15) is 0 Å². The Labute approximate surface area is 156 Å². The van der Waals surface area contributed by atoms with Gasteiger partial charge in [0.2, 0.25) is 5.91 Å². The van der Waals surface area contributed by atoms with Crippen LogP contribution in [0.15, 0.2) is 47.5 Å². The Morgan fingerprint density at radius 3 is 2.88 bits per heavy atom. The molecule has 0 N–H and O–H groups in total. The lowest BCUT2D eigenvalue weighted by atomic mass is 9.99. The summed E-state index contributed by atoms with van der Waals surface area (Å²) < 4.78 is 7.49. The van der Waals surface area contributed by atoms with Gasteiger partial charge in [0.15, 0.2) is 0 Å². The molecule has 2 heterocycles. The van der Waals surface area contributed by atoms with Gasteiger partial charge in [-0.05, 0) is 37.0 Å². The molecular weight excluding hydrogens is 354 g/mol. The van der Waals surface area contributed by atoms with Gasteiger partial charge >= 0.3 is 5.69 Å². The van der Waals surface area contributed by atoms with E-state index in [-0.39, 0.29) is 18.6 Å². The molecular formula is C19H20ClN3O3. The predicted molar refractivity (Wildman–Crippen MR) is 97.2 cm³/mol. The van der Waals surface area contributed by atoms with Crippen molar-refractivity contribution in [1.29, 1.82) is 0 Å². The summed E-state index contributed by atoms with van der Waals surface area (Å²) in [5, 5.41) is 0.609. The second kappa shape index (κ2) is 7.11. The zero-order chi connectivity index (χ0) is 18.1. The summed E-state index contributed by atoms with van der Waals surface area (Å²) in [6, 6.07) is 9.13. The summed E-state index contributed by atoms with van der Waals surface area (Å²) in [5.74, 6) is 1.40. The summed E-state index contributed by atoms with van der Waals surface area (Å²) in [7, 11) is 0. The van der Waals surface area contributed by atoms with Gasteiger partial charge in [0, 0.05) is 31.4 Å². The number of fused-ring (bicyclic) bond motifs is 1. The van der Waals surface area contributed by atoms with E-state index in [0.717, 1.165) is 19.4 Å². The number of para-hydroxylation sites is 1.